The fraction of sp³-hybridized carbons (Fsp3) is 0.667. The SMILES string of the molecule is CCN=CC(C(=O)N[C@@H](C)C(C)C)=C(C)O. The van der Waals surface area contributed by atoms with Gasteiger partial charge in [0.25, 0.3) is 5.91 Å². The van der Waals surface area contributed by atoms with Crippen molar-refractivity contribution in [1.29, 1.82) is 0 Å². The first-order valence-corrected chi connectivity index (χ1v) is 5.60. The second-order valence-electron chi connectivity index (χ2n) is 4.13. The molecule has 0 aliphatic heterocycles. The predicted octanol–water partition coefficient (Wildman–Crippen LogP) is 2.07. The van der Waals surface area contributed by atoms with Crippen molar-refractivity contribution in [2.75, 3.05) is 6.54 Å². The third-order valence-electron chi connectivity index (χ3n) is 2.40. The maximum atomic E-state index is 11.8. The summed E-state index contributed by atoms with van der Waals surface area (Å²) in [7, 11) is 0. The number of carbonyl (C=O) groups is 1. The average Bonchev–Trinajstić information content (AvgIpc) is 2.17. The number of allylic oxidation sites excluding steroid dienone is 1. The number of aliphatic hydroxyl groups is 1. The number of aliphatic hydroxyl groups excluding tert-OH is 1. The summed E-state index contributed by atoms with van der Waals surface area (Å²) in [6.07, 6.45) is 1.41. The molecular weight excluding hydrogens is 204 g/mol. The fourth-order valence-electron chi connectivity index (χ4n) is 0.950. The second-order valence-corrected chi connectivity index (χ2v) is 4.13. The molecule has 0 heterocycles. The van der Waals surface area contributed by atoms with E-state index in [1.54, 1.807) is 0 Å². The molecule has 0 unspecified atom stereocenters. The van der Waals surface area contributed by atoms with Crippen LogP contribution >= 0.6 is 0 Å². The number of amides is 1. The maximum Gasteiger partial charge on any atom is 0.256 e. The quantitative estimate of drug-likeness (QED) is 0.428. The molecule has 4 heteroatoms. The van der Waals surface area contributed by atoms with Gasteiger partial charge < -0.3 is 10.4 Å². The van der Waals surface area contributed by atoms with Crippen LogP contribution < -0.4 is 5.32 Å². The van der Waals surface area contributed by atoms with E-state index in [0.717, 1.165) is 0 Å². The van der Waals surface area contributed by atoms with E-state index >= 15 is 0 Å². The molecule has 1 amide bonds. The van der Waals surface area contributed by atoms with E-state index in [0.29, 0.717) is 12.5 Å². The molecule has 16 heavy (non-hydrogen) atoms. The van der Waals surface area contributed by atoms with Crippen molar-refractivity contribution >= 4 is 12.1 Å². The van der Waals surface area contributed by atoms with Crippen LogP contribution in [0.1, 0.15) is 34.6 Å². The Kier molecular flexibility index (Phi) is 6.46. The Morgan fingerprint density at radius 2 is 2.00 bits per heavy atom. The van der Waals surface area contributed by atoms with Gasteiger partial charge in [-0.2, -0.15) is 0 Å². The van der Waals surface area contributed by atoms with Crippen LogP contribution in [0.15, 0.2) is 16.3 Å². The van der Waals surface area contributed by atoms with Gasteiger partial charge in [0.15, 0.2) is 0 Å². The van der Waals surface area contributed by atoms with Crippen LogP contribution in [0.2, 0.25) is 0 Å². The van der Waals surface area contributed by atoms with Gasteiger partial charge in [-0.3, -0.25) is 9.79 Å². The smallest absolute Gasteiger partial charge is 0.256 e. The normalized spacial score (nSPS) is 15.1. The summed E-state index contributed by atoms with van der Waals surface area (Å²) >= 11 is 0. The van der Waals surface area contributed by atoms with E-state index in [4.69, 9.17) is 0 Å². The van der Waals surface area contributed by atoms with Crippen LogP contribution in [0.3, 0.4) is 0 Å². The van der Waals surface area contributed by atoms with Gasteiger partial charge in [-0.1, -0.05) is 13.8 Å². The van der Waals surface area contributed by atoms with Crippen LogP contribution in [-0.2, 0) is 4.79 Å². The van der Waals surface area contributed by atoms with Gasteiger partial charge in [0.05, 0.1) is 5.57 Å². The van der Waals surface area contributed by atoms with E-state index in [1.165, 1.54) is 13.1 Å². The highest BCUT2D eigenvalue weighted by Crippen LogP contribution is 2.04. The zero-order chi connectivity index (χ0) is 12.7. The molecule has 0 spiro atoms. The second kappa shape index (κ2) is 7.04. The van der Waals surface area contributed by atoms with Crippen LogP contribution in [-0.4, -0.2) is 29.8 Å². The molecule has 92 valence electrons. The Hall–Kier alpha value is -1.32. The molecule has 0 aliphatic carbocycles. The van der Waals surface area contributed by atoms with Crippen molar-refractivity contribution in [2.24, 2.45) is 10.9 Å². The monoisotopic (exact) mass is 226 g/mol. The molecule has 0 aliphatic rings. The molecule has 0 aromatic heterocycles. The summed E-state index contributed by atoms with van der Waals surface area (Å²) in [5.41, 5.74) is 0.231. The molecule has 2 N–H and O–H groups in total. The summed E-state index contributed by atoms with van der Waals surface area (Å²) in [5.74, 6) is 0.0661. The zero-order valence-corrected chi connectivity index (χ0v) is 10.7. The number of hydrogen-bond donors (Lipinski definition) is 2. The Balaban J connectivity index is 4.67. The summed E-state index contributed by atoms with van der Waals surface area (Å²) in [4.78, 5) is 15.7. The minimum absolute atomic E-state index is 0.00865. The molecule has 0 fully saturated rings. The Morgan fingerprint density at radius 3 is 2.38 bits per heavy atom. The molecule has 0 saturated carbocycles. The number of nitrogens with one attached hydrogen (secondary N) is 1. The predicted molar refractivity (Wildman–Crippen MR) is 66.8 cm³/mol. The molecule has 0 rings (SSSR count). The lowest BCUT2D eigenvalue weighted by Crippen LogP contribution is -2.37. The molecular formula is C12H22N2O2. The van der Waals surface area contributed by atoms with E-state index < -0.39 is 0 Å². The Morgan fingerprint density at radius 1 is 1.44 bits per heavy atom. The van der Waals surface area contributed by atoms with Crippen LogP contribution in [0, 0.1) is 5.92 Å². The topological polar surface area (TPSA) is 61.7 Å². The highest BCUT2D eigenvalue weighted by Gasteiger charge is 2.15. The summed E-state index contributed by atoms with van der Waals surface area (Å²) < 4.78 is 0. The molecule has 0 aromatic carbocycles. The first kappa shape index (κ1) is 14.7. The van der Waals surface area contributed by atoms with Crippen molar-refractivity contribution in [2.45, 2.75) is 40.7 Å². The number of carbonyl (C=O) groups excluding carboxylic acids is 1. The maximum absolute atomic E-state index is 11.8. The van der Waals surface area contributed by atoms with Crippen LogP contribution in [0.25, 0.3) is 0 Å². The van der Waals surface area contributed by atoms with Crippen molar-refractivity contribution in [3.05, 3.63) is 11.3 Å². The lowest BCUT2D eigenvalue weighted by Gasteiger charge is -2.17. The number of aliphatic imine (C=N–C) groups is 1. The molecule has 0 bridgehead atoms. The van der Waals surface area contributed by atoms with Crippen LogP contribution in [0.5, 0.6) is 0 Å². The molecule has 0 aromatic rings. The number of nitrogens with zero attached hydrogens (tertiary/aromatic N) is 1. The van der Waals surface area contributed by atoms with Crippen molar-refractivity contribution in [3.63, 3.8) is 0 Å². The summed E-state index contributed by atoms with van der Waals surface area (Å²) in [6.45, 7) is 9.93. The fourth-order valence-corrected chi connectivity index (χ4v) is 0.950. The van der Waals surface area contributed by atoms with E-state index in [-0.39, 0.29) is 23.3 Å². The van der Waals surface area contributed by atoms with Crippen molar-refractivity contribution in [1.82, 2.24) is 5.32 Å². The van der Waals surface area contributed by atoms with E-state index in [2.05, 4.69) is 10.3 Å². The number of rotatable bonds is 5. The first-order chi connectivity index (χ1) is 7.40. The molecule has 4 nitrogen and oxygen atoms in total. The lowest BCUT2D eigenvalue weighted by atomic mass is 10.1. The Bertz CT molecular complexity index is 289. The van der Waals surface area contributed by atoms with Gasteiger partial charge in [-0.15, -0.1) is 0 Å². The largest absolute Gasteiger partial charge is 0.512 e. The standard InChI is InChI=1S/C12H22N2O2/c1-6-13-7-11(10(5)15)12(16)14-9(4)8(2)3/h7-9,15H,6H2,1-5H3,(H,14,16)/t9-/m0/s1. The van der Waals surface area contributed by atoms with Gasteiger partial charge >= 0.3 is 0 Å². The summed E-state index contributed by atoms with van der Waals surface area (Å²) in [5, 5.41) is 12.2. The zero-order valence-electron chi connectivity index (χ0n) is 10.7. The van der Waals surface area contributed by atoms with E-state index in [9.17, 15) is 9.90 Å². The van der Waals surface area contributed by atoms with E-state index in [1.807, 2.05) is 27.7 Å². The first-order valence-electron chi connectivity index (χ1n) is 5.60. The van der Waals surface area contributed by atoms with Gasteiger partial charge in [-0.25, -0.2) is 0 Å². The molecule has 0 radical (unpaired) electrons. The third kappa shape index (κ3) is 4.96. The minimum Gasteiger partial charge on any atom is -0.512 e. The van der Waals surface area contributed by atoms with Crippen LogP contribution in [0.4, 0.5) is 0 Å². The molecule has 0 saturated heterocycles. The van der Waals surface area contributed by atoms with Gasteiger partial charge in [-0.05, 0) is 26.7 Å². The summed E-state index contributed by atoms with van der Waals surface area (Å²) in [6, 6.07) is 0.0666. The minimum atomic E-state index is -0.279. The van der Waals surface area contributed by atoms with Crippen molar-refractivity contribution < 1.29 is 9.90 Å². The lowest BCUT2D eigenvalue weighted by molar-refractivity contribution is -0.118. The average molecular weight is 226 g/mol. The third-order valence-corrected chi connectivity index (χ3v) is 2.40. The highest BCUT2D eigenvalue weighted by atomic mass is 16.3. The van der Waals surface area contributed by atoms with Gasteiger partial charge in [0, 0.05) is 18.8 Å². The van der Waals surface area contributed by atoms with Gasteiger partial charge in [0.1, 0.15) is 5.76 Å². The van der Waals surface area contributed by atoms with Crippen molar-refractivity contribution in [3.8, 4) is 0 Å². The van der Waals surface area contributed by atoms with Gasteiger partial charge in [0.2, 0.25) is 0 Å². The molecule has 1 atom stereocenters. The highest BCUT2D eigenvalue weighted by molar-refractivity contribution is 6.12. The number of hydrogen-bond acceptors (Lipinski definition) is 3. The Labute approximate surface area is 97.5 Å².